The van der Waals surface area contributed by atoms with Crippen LogP contribution in [0.4, 0.5) is 4.79 Å². The highest BCUT2D eigenvalue weighted by Gasteiger charge is 2.24. The number of carbonyl (C=O) groups excluding carboxylic acids is 1. The third-order valence-corrected chi connectivity index (χ3v) is 4.21. The molecule has 0 bridgehead atoms. The zero-order valence-electron chi connectivity index (χ0n) is 15.4. The molecule has 0 spiro atoms. The number of ether oxygens (including phenoxy) is 1. The summed E-state index contributed by atoms with van der Waals surface area (Å²) < 4.78 is 5.38. The molecule has 0 aromatic heterocycles. The summed E-state index contributed by atoms with van der Waals surface area (Å²) in [6.07, 6.45) is 1.76. The first-order valence-corrected chi connectivity index (χ1v) is 8.65. The van der Waals surface area contributed by atoms with Gasteiger partial charge in [0.1, 0.15) is 11.4 Å². The van der Waals surface area contributed by atoms with Crippen LogP contribution in [0.1, 0.15) is 51.3 Å². The van der Waals surface area contributed by atoms with E-state index in [1.54, 1.807) is 18.0 Å². The topological polar surface area (TPSA) is 61.8 Å². The molecule has 2 rings (SSSR count). The minimum absolute atomic E-state index is 0.281. The van der Waals surface area contributed by atoms with Crippen LogP contribution in [0.15, 0.2) is 18.2 Å². The molecule has 1 aliphatic rings. The van der Waals surface area contributed by atoms with E-state index < -0.39 is 5.60 Å². The van der Waals surface area contributed by atoms with Crippen molar-refractivity contribution in [2.75, 3.05) is 20.1 Å². The van der Waals surface area contributed by atoms with E-state index in [-0.39, 0.29) is 6.09 Å². The van der Waals surface area contributed by atoms with Gasteiger partial charge in [-0.05, 0) is 69.3 Å². The summed E-state index contributed by atoms with van der Waals surface area (Å²) >= 11 is 0. The lowest BCUT2D eigenvalue weighted by atomic mass is 10.1. The molecular weight excluding hydrogens is 304 g/mol. The molecule has 0 saturated carbocycles. The Morgan fingerprint density at radius 2 is 2.17 bits per heavy atom. The molecule has 0 fully saturated rings. The highest BCUT2D eigenvalue weighted by atomic mass is 16.6. The standard InChI is InChI=1S/C19H30N2O3/c1-13(12-21(5)18(23)24-19(2,3)4)11-20-17-9-6-14-10-15(22)7-8-16(14)17/h7-8,10,13,17,20,22H,6,9,11-12H2,1-5H3. The number of nitrogens with zero attached hydrogens (tertiary/aromatic N) is 1. The van der Waals surface area contributed by atoms with Crippen LogP contribution in [0.3, 0.4) is 0 Å². The second-order valence-corrected chi connectivity index (χ2v) is 7.85. The maximum Gasteiger partial charge on any atom is 0.410 e. The minimum atomic E-state index is -0.466. The Hall–Kier alpha value is -1.75. The van der Waals surface area contributed by atoms with Crippen LogP contribution in [0, 0.1) is 5.92 Å². The molecule has 0 saturated heterocycles. The van der Waals surface area contributed by atoms with Gasteiger partial charge in [-0.3, -0.25) is 0 Å². The summed E-state index contributed by atoms with van der Waals surface area (Å²) in [5, 5.41) is 13.2. The molecule has 1 aliphatic carbocycles. The number of nitrogens with one attached hydrogen (secondary N) is 1. The summed E-state index contributed by atoms with van der Waals surface area (Å²) in [4.78, 5) is 13.6. The molecule has 0 radical (unpaired) electrons. The maximum absolute atomic E-state index is 12.0. The number of benzene rings is 1. The van der Waals surface area contributed by atoms with Crippen molar-refractivity contribution in [3.8, 4) is 5.75 Å². The van der Waals surface area contributed by atoms with Gasteiger partial charge in [-0.25, -0.2) is 4.79 Å². The molecule has 2 atom stereocenters. The molecule has 5 heteroatoms. The fourth-order valence-corrected chi connectivity index (χ4v) is 3.11. The summed E-state index contributed by atoms with van der Waals surface area (Å²) in [6.45, 7) is 9.23. The summed E-state index contributed by atoms with van der Waals surface area (Å²) in [5.74, 6) is 0.658. The highest BCUT2D eigenvalue weighted by Crippen LogP contribution is 2.33. The molecule has 24 heavy (non-hydrogen) atoms. The quantitative estimate of drug-likeness (QED) is 0.865. The highest BCUT2D eigenvalue weighted by molar-refractivity contribution is 5.67. The van der Waals surface area contributed by atoms with Crippen molar-refractivity contribution in [2.24, 2.45) is 5.92 Å². The van der Waals surface area contributed by atoms with E-state index in [0.717, 1.165) is 19.4 Å². The van der Waals surface area contributed by atoms with E-state index in [0.29, 0.717) is 24.3 Å². The molecule has 134 valence electrons. The second kappa shape index (κ2) is 7.43. The van der Waals surface area contributed by atoms with Crippen LogP contribution in [0.5, 0.6) is 5.75 Å². The lowest BCUT2D eigenvalue weighted by Gasteiger charge is -2.27. The van der Waals surface area contributed by atoms with Gasteiger partial charge in [-0.1, -0.05) is 13.0 Å². The van der Waals surface area contributed by atoms with E-state index in [1.807, 2.05) is 32.9 Å². The lowest BCUT2D eigenvalue weighted by molar-refractivity contribution is 0.0276. The molecule has 1 aromatic carbocycles. The Balaban J connectivity index is 1.80. The monoisotopic (exact) mass is 334 g/mol. The van der Waals surface area contributed by atoms with Crippen molar-refractivity contribution in [3.05, 3.63) is 29.3 Å². The predicted molar refractivity (Wildman–Crippen MR) is 95.2 cm³/mol. The van der Waals surface area contributed by atoms with E-state index in [2.05, 4.69) is 12.2 Å². The van der Waals surface area contributed by atoms with Gasteiger partial charge in [0.05, 0.1) is 0 Å². The number of rotatable bonds is 5. The fourth-order valence-electron chi connectivity index (χ4n) is 3.11. The molecule has 5 nitrogen and oxygen atoms in total. The van der Waals surface area contributed by atoms with Crippen LogP contribution >= 0.6 is 0 Å². The Morgan fingerprint density at radius 1 is 1.46 bits per heavy atom. The number of hydrogen-bond donors (Lipinski definition) is 2. The third-order valence-electron chi connectivity index (χ3n) is 4.21. The van der Waals surface area contributed by atoms with Gasteiger partial charge in [0.15, 0.2) is 0 Å². The van der Waals surface area contributed by atoms with Gasteiger partial charge in [0, 0.05) is 19.6 Å². The average molecular weight is 334 g/mol. The molecular formula is C19H30N2O3. The van der Waals surface area contributed by atoms with Crippen molar-refractivity contribution in [3.63, 3.8) is 0 Å². The Morgan fingerprint density at radius 3 is 2.83 bits per heavy atom. The van der Waals surface area contributed by atoms with E-state index in [1.165, 1.54) is 11.1 Å². The van der Waals surface area contributed by atoms with Gasteiger partial charge in [-0.2, -0.15) is 0 Å². The van der Waals surface area contributed by atoms with Crippen LogP contribution in [0.25, 0.3) is 0 Å². The van der Waals surface area contributed by atoms with Gasteiger partial charge in [-0.15, -0.1) is 0 Å². The lowest BCUT2D eigenvalue weighted by Crippen LogP contribution is -2.38. The Labute approximate surface area is 145 Å². The van der Waals surface area contributed by atoms with Crippen molar-refractivity contribution >= 4 is 6.09 Å². The van der Waals surface area contributed by atoms with Crippen LogP contribution in [0.2, 0.25) is 0 Å². The largest absolute Gasteiger partial charge is 0.508 e. The number of carbonyl (C=O) groups is 1. The second-order valence-electron chi connectivity index (χ2n) is 7.85. The number of phenolic OH excluding ortho intramolecular Hbond substituents is 1. The number of phenols is 1. The summed E-state index contributed by atoms with van der Waals surface area (Å²) in [6, 6.07) is 5.94. The maximum atomic E-state index is 12.0. The number of fused-ring (bicyclic) bond motifs is 1. The first-order chi connectivity index (χ1) is 11.2. The number of amides is 1. The van der Waals surface area contributed by atoms with Gasteiger partial charge >= 0.3 is 6.09 Å². The first kappa shape index (κ1) is 18.6. The van der Waals surface area contributed by atoms with Crippen LogP contribution in [-0.4, -0.2) is 41.8 Å². The van der Waals surface area contributed by atoms with Crippen molar-refractivity contribution < 1.29 is 14.6 Å². The smallest absolute Gasteiger partial charge is 0.410 e. The minimum Gasteiger partial charge on any atom is -0.508 e. The molecule has 0 aliphatic heterocycles. The zero-order chi connectivity index (χ0) is 17.9. The van der Waals surface area contributed by atoms with Gasteiger partial charge in [0.25, 0.3) is 0 Å². The van der Waals surface area contributed by atoms with Gasteiger partial charge in [0.2, 0.25) is 0 Å². The van der Waals surface area contributed by atoms with E-state index >= 15 is 0 Å². The van der Waals surface area contributed by atoms with E-state index in [4.69, 9.17) is 4.74 Å². The normalized spacial score (nSPS) is 18.1. The number of aromatic hydroxyl groups is 1. The number of hydrogen-bond acceptors (Lipinski definition) is 4. The molecule has 2 N–H and O–H groups in total. The molecule has 0 heterocycles. The van der Waals surface area contributed by atoms with Gasteiger partial charge < -0.3 is 20.1 Å². The van der Waals surface area contributed by atoms with Crippen LogP contribution in [-0.2, 0) is 11.2 Å². The van der Waals surface area contributed by atoms with Crippen molar-refractivity contribution in [1.29, 1.82) is 0 Å². The molecule has 1 aromatic rings. The first-order valence-electron chi connectivity index (χ1n) is 8.65. The number of aryl methyl sites for hydroxylation is 1. The Kier molecular flexibility index (Phi) is 5.75. The Bertz CT molecular complexity index is 580. The van der Waals surface area contributed by atoms with E-state index in [9.17, 15) is 9.90 Å². The SMILES string of the molecule is CC(CNC1CCc2cc(O)ccc21)CN(C)C(=O)OC(C)(C)C. The molecule has 2 unspecified atom stereocenters. The fraction of sp³-hybridized carbons (Fsp3) is 0.632. The van der Waals surface area contributed by atoms with Crippen molar-refractivity contribution in [2.45, 2.75) is 52.2 Å². The summed E-state index contributed by atoms with van der Waals surface area (Å²) in [7, 11) is 1.78. The van der Waals surface area contributed by atoms with Crippen molar-refractivity contribution in [1.82, 2.24) is 10.2 Å². The van der Waals surface area contributed by atoms with Crippen LogP contribution < -0.4 is 5.32 Å². The molecule has 1 amide bonds. The third kappa shape index (κ3) is 5.13. The summed E-state index contributed by atoms with van der Waals surface area (Å²) in [5.41, 5.74) is 2.04. The average Bonchev–Trinajstić information content (AvgIpc) is 2.85. The zero-order valence-corrected chi connectivity index (χ0v) is 15.4. The predicted octanol–water partition coefficient (Wildman–Crippen LogP) is 3.47.